The van der Waals surface area contributed by atoms with Crippen LogP contribution in [-0.4, -0.2) is 27.1 Å². The van der Waals surface area contributed by atoms with Crippen LogP contribution in [0.15, 0.2) is 36.4 Å². The van der Waals surface area contributed by atoms with Crippen LogP contribution in [0.1, 0.15) is 15.9 Å². The van der Waals surface area contributed by atoms with Crippen molar-refractivity contribution in [1.29, 1.82) is 0 Å². The third kappa shape index (κ3) is 3.11. The summed E-state index contributed by atoms with van der Waals surface area (Å²) in [6.45, 7) is 0. The topological polar surface area (TPSA) is 44.8 Å². The number of rotatable bonds is 5. The molecular formula is C16H15ClO4. The first-order chi connectivity index (χ1) is 10.1. The van der Waals surface area contributed by atoms with E-state index in [0.717, 1.165) is 0 Å². The minimum atomic E-state index is -0.176. The molecule has 0 heterocycles. The fourth-order valence-electron chi connectivity index (χ4n) is 1.94. The van der Waals surface area contributed by atoms with Crippen molar-refractivity contribution in [2.75, 3.05) is 21.3 Å². The molecule has 0 aliphatic rings. The maximum Gasteiger partial charge on any atom is 0.196 e. The predicted octanol–water partition coefficient (Wildman–Crippen LogP) is 3.60. The molecule has 2 rings (SSSR count). The Labute approximate surface area is 128 Å². The Balaban J connectivity index is 2.44. The standard InChI is InChI=1S/C16H15ClO4/c1-19-11-5-6-12(14(9-11)20-2)16(18)10-4-7-13(17)15(8-10)21-3/h4-9H,1-3H3. The maximum absolute atomic E-state index is 12.6. The number of halogens is 1. The monoisotopic (exact) mass is 306 g/mol. The molecule has 4 nitrogen and oxygen atoms in total. The highest BCUT2D eigenvalue weighted by atomic mass is 35.5. The van der Waals surface area contributed by atoms with Gasteiger partial charge in [0.1, 0.15) is 17.2 Å². The average molecular weight is 307 g/mol. The Morgan fingerprint density at radius 1 is 0.905 bits per heavy atom. The first-order valence-electron chi connectivity index (χ1n) is 6.21. The van der Waals surface area contributed by atoms with Crippen LogP contribution < -0.4 is 14.2 Å². The number of hydrogen-bond donors (Lipinski definition) is 0. The summed E-state index contributed by atoms with van der Waals surface area (Å²) in [5.74, 6) is 1.35. The largest absolute Gasteiger partial charge is 0.497 e. The molecular weight excluding hydrogens is 292 g/mol. The Morgan fingerprint density at radius 3 is 2.24 bits per heavy atom. The van der Waals surface area contributed by atoms with Gasteiger partial charge in [0.05, 0.1) is 31.9 Å². The molecule has 0 saturated heterocycles. The number of methoxy groups -OCH3 is 3. The van der Waals surface area contributed by atoms with Crippen LogP contribution in [0.2, 0.25) is 5.02 Å². The van der Waals surface area contributed by atoms with Crippen LogP contribution in [0.5, 0.6) is 17.2 Å². The highest BCUT2D eigenvalue weighted by molar-refractivity contribution is 6.32. The summed E-state index contributed by atoms with van der Waals surface area (Å²) in [6, 6.07) is 9.93. The number of ketones is 1. The molecule has 0 fully saturated rings. The first kappa shape index (κ1) is 15.2. The minimum absolute atomic E-state index is 0.176. The summed E-state index contributed by atoms with van der Waals surface area (Å²) in [4.78, 5) is 12.6. The summed E-state index contributed by atoms with van der Waals surface area (Å²) in [6.07, 6.45) is 0. The second-order valence-electron chi connectivity index (χ2n) is 4.24. The van der Waals surface area contributed by atoms with E-state index in [1.54, 1.807) is 43.5 Å². The third-order valence-electron chi connectivity index (χ3n) is 3.07. The van der Waals surface area contributed by atoms with Gasteiger partial charge in [0.25, 0.3) is 0 Å². The van der Waals surface area contributed by atoms with E-state index in [-0.39, 0.29) is 5.78 Å². The smallest absolute Gasteiger partial charge is 0.196 e. The van der Waals surface area contributed by atoms with E-state index in [0.29, 0.717) is 33.4 Å². The lowest BCUT2D eigenvalue weighted by Crippen LogP contribution is -2.04. The zero-order valence-corrected chi connectivity index (χ0v) is 12.7. The molecule has 0 aromatic heterocycles. The van der Waals surface area contributed by atoms with Gasteiger partial charge in [-0.05, 0) is 30.3 Å². The predicted molar refractivity (Wildman–Crippen MR) is 81.0 cm³/mol. The van der Waals surface area contributed by atoms with E-state index in [2.05, 4.69) is 0 Å². The van der Waals surface area contributed by atoms with Crippen molar-refractivity contribution in [3.05, 3.63) is 52.5 Å². The van der Waals surface area contributed by atoms with Crippen LogP contribution in [0.25, 0.3) is 0 Å². The van der Waals surface area contributed by atoms with Crippen molar-refractivity contribution in [3.8, 4) is 17.2 Å². The van der Waals surface area contributed by atoms with Crippen molar-refractivity contribution in [3.63, 3.8) is 0 Å². The third-order valence-corrected chi connectivity index (χ3v) is 3.38. The average Bonchev–Trinajstić information content (AvgIpc) is 2.54. The van der Waals surface area contributed by atoms with Crippen LogP contribution >= 0.6 is 11.6 Å². The van der Waals surface area contributed by atoms with Crippen LogP contribution in [0, 0.1) is 0 Å². The number of carbonyl (C=O) groups excluding carboxylic acids is 1. The molecule has 0 atom stereocenters. The van der Waals surface area contributed by atoms with Crippen molar-refractivity contribution in [2.24, 2.45) is 0 Å². The maximum atomic E-state index is 12.6. The zero-order chi connectivity index (χ0) is 15.4. The molecule has 0 radical (unpaired) electrons. The summed E-state index contributed by atoms with van der Waals surface area (Å²) < 4.78 is 15.5. The van der Waals surface area contributed by atoms with Crippen LogP contribution in [0.4, 0.5) is 0 Å². The lowest BCUT2D eigenvalue weighted by molar-refractivity contribution is 0.103. The van der Waals surface area contributed by atoms with E-state index < -0.39 is 0 Å². The van der Waals surface area contributed by atoms with Crippen LogP contribution in [0.3, 0.4) is 0 Å². The van der Waals surface area contributed by atoms with E-state index >= 15 is 0 Å². The molecule has 0 aliphatic carbocycles. The van der Waals surface area contributed by atoms with Gasteiger partial charge in [0.15, 0.2) is 5.78 Å². The van der Waals surface area contributed by atoms with Crippen molar-refractivity contribution >= 4 is 17.4 Å². The van der Waals surface area contributed by atoms with Gasteiger partial charge in [-0.15, -0.1) is 0 Å². The van der Waals surface area contributed by atoms with Gasteiger partial charge in [0.2, 0.25) is 0 Å². The second kappa shape index (κ2) is 6.50. The molecule has 0 bridgehead atoms. The van der Waals surface area contributed by atoms with Gasteiger partial charge in [-0.25, -0.2) is 0 Å². The molecule has 21 heavy (non-hydrogen) atoms. The van der Waals surface area contributed by atoms with E-state index in [4.69, 9.17) is 25.8 Å². The molecule has 0 spiro atoms. The molecule has 0 saturated carbocycles. The molecule has 0 amide bonds. The Morgan fingerprint density at radius 2 is 1.62 bits per heavy atom. The molecule has 110 valence electrons. The quantitative estimate of drug-likeness (QED) is 0.792. The number of benzene rings is 2. The summed E-state index contributed by atoms with van der Waals surface area (Å²) >= 11 is 5.97. The van der Waals surface area contributed by atoms with Gasteiger partial charge < -0.3 is 14.2 Å². The summed E-state index contributed by atoms with van der Waals surface area (Å²) in [5.41, 5.74) is 0.919. The molecule has 2 aromatic rings. The van der Waals surface area contributed by atoms with Gasteiger partial charge in [-0.1, -0.05) is 11.6 Å². The number of carbonyl (C=O) groups is 1. The van der Waals surface area contributed by atoms with Crippen molar-refractivity contribution < 1.29 is 19.0 Å². The normalized spacial score (nSPS) is 10.1. The van der Waals surface area contributed by atoms with Crippen molar-refractivity contribution in [2.45, 2.75) is 0 Å². The summed E-state index contributed by atoms with van der Waals surface area (Å²) in [5, 5.41) is 0.454. The molecule has 0 unspecified atom stereocenters. The lowest BCUT2D eigenvalue weighted by atomic mass is 10.0. The Hall–Kier alpha value is -2.20. The highest BCUT2D eigenvalue weighted by Gasteiger charge is 2.16. The fourth-order valence-corrected chi connectivity index (χ4v) is 2.14. The molecule has 0 aliphatic heterocycles. The van der Waals surface area contributed by atoms with E-state index in [9.17, 15) is 4.79 Å². The first-order valence-corrected chi connectivity index (χ1v) is 6.58. The number of hydrogen-bond acceptors (Lipinski definition) is 4. The minimum Gasteiger partial charge on any atom is -0.497 e. The highest BCUT2D eigenvalue weighted by Crippen LogP contribution is 2.30. The zero-order valence-electron chi connectivity index (χ0n) is 12.0. The number of ether oxygens (including phenoxy) is 3. The SMILES string of the molecule is COc1ccc(C(=O)c2ccc(Cl)c(OC)c2)c(OC)c1. The van der Waals surface area contributed by atoms with Crippen molar-refractivity contribution in [1.82, 2.24) is 0 Å². The van der Waals surface area contributed by atoms with Gasteiger partial charge in [0, 0.05) is 11.6 Å². The molecule has 5 heteroatoms. The summed E-state index contributed by atoms with van der Waals surface area (Å²) in [7, 11) is 4.57. The van der Waals surface area contributed by atoms with Gasteiger partial charge >= 0.3 is 0 Å². The Kier molecular flexibility index (Phi) is 4.70. The van der Waals surface area contributed by atoms with E-state index in [1.807, 2.05) is 0 Å². The fraction of sp³-hybridized carbons (Fsp3) is 0.188. The molecule has 0 N–H and O–H groups in total. The molecule has 2 aromatic carbocycles. The van der Waals surface area contributed by atoms with E-state index in [1.165, 1.54) is 14.2 Å². The van der Waals surface area contributed by atoms with Gasteiger partial charge in [-0.2, -0.15) is 0 Å². The van der Waals surface area contributed by atoms with Gasteiger partial charge in [-0.3, -0.25) is 4.79 Å². The lowest BCUT2D eigenvalue weighted by Gasteiger charge is -2.10. The second-order valence-corrected chi connectivity index (χ2v) is 4.65. The Bertz CT molecular complexity index is 667. The van der Waals surface area contributed by atoms with Crippen LogP contribution in [-0.2, 0) is 0 Å².